The first kappa shape index (κ1) is 14.9. The van der Waals surface area contributed by atoms with Gasteiger partial charge in [0.05, 0.1) is 0 Å². The van der Waals surface area contributed by atoms with Gasteiger partial charge in [-0.15, -0.1) is 0 Å². The smallest absolute Gasteiger partial charge is 0.225 e. The minimum absolute atomic E-state index is 0.837. The molecule has 102 valence electrons. The number of aromatic nitrogens is 2. The topological polar surface area (TPSA) is 41.1 Å². The number of hydrogen-bond donors (Lipinski definition) is 1. The molecule has 0 atom stereocenters. The van der Waals surface area contributed by atoms with E-state index in [4.69, 9.17) is 0 Å². The van der Waals surface area contributed by atoms with Gasteiger partial charge >= 0.3 is 0 Å². The Morgan fingerprint density at radius 3 is 2.67 bits per heavy atom. The summed E-state index contributed by atoms with van der Waals surface area (Å²) < 4.78 is 0. The van der Waals surface area contributed by atoms with Crippen molar-refractivity contribution >= 4 is 5.95 Å². The molecule has 0 unspecified atom stereocenters. The number of hydrogen-bond acceptors (Lipinski definition) is 4. The fraction of sp³-hybridized carbons (Fsp3) is 0.714. The van der Waals surface area contributed by atoms with E-state index >= 15 is 0 Å². The summed E-state index contributed by atoms with van der Waals surface area (Å²) in [5, 5.41) is 3.30. The van der Waals surface area contributed by atoms with Crippen LogP contribution in [-0.4, -0.2) is 30.1 Å². The summed E-state index contributed by atoms with van der Waals surface area (Å²) in [6.07, 6.45) is 5.66. The molecule has 18 heavy (non-hydrogen) atoms. The molecule has 0 amide bonds. The molecule has 0 fully saturated rings. The van der Waals surface area contributed by atoms with Gasteiger partial charge in [0, 0.05) is 37.6 Å². The van der Waals surface area contributed by atoms with Gasteiger partial charge in [0.1, 0.15) is 0 Å². The Hall–Kier alpha value is -1.16. The summed E-state index contributed by atoms with van der Waals surface area (Å²) >= 11 is 0. The zero-order valence-electron chi connectivity index (χ0n) is 12.2. The van der Waals surface area contributed by atoms with Crippen molar-refractivity contribution in [1.29, 1.82) is 0 Å². The average molecular weight is 250 g/mol. The quantitative estimate of drug-likeness (QED) is 0.720. The first-order valence-electron chi connectivity index (χ1n) is 6.93. The highest BCUT2D eigenvalue weighted by Crippen LogP contribution is 2.11. The van der Waals surface area contributed by atoms with Crippen LogP contribution in [0, 0.1) is 6.92 Å². The minimum atomic E-state index is 0.837. The second kappa shape index (κ2) is 8.03. The van der Waals surface area contributed by atoms with E-state index in [0.717, 1.165) is 31.3 Å². The Morgan fingerprint density at radius 2 is 2.06 bits per heavy atom. The molecular formula is C14H26N4. The molecule has 1 aromatic rings. The minimum Gasteiger partial charge on any atom is -0.344 e. The van der Waals surface area contributed by atoms with Crippen LogP contribution in [0.2, 0.25) is 0 Å². The van der Waals surface area contributed by atoms with Crippen LogP contribution in [0.5, 0.6) is 0 Å². The van der Waals surface area contributed by atoms with Crippen LogP contribution >= 0.6 is 0 Å². The van der Waals surface area contributed by atoms with Crippen molar-refractivity contribution in [2.45, 2.75) is 46.6 Å². The molecule has 1 rings (SSSR count). The summed E-state index contributed by atoms with van der Waals surface area (Å²) in [6.45, 7) is 9.22. The molecule has 0 saturated carbocycles. The van der Waals surface area contributed by atoms with Crippen LogP contribution in [-0.2, 0) is 6.54 Å². The van der Waals surface area contributed by atoms with Gasteiger partial charge in [-0.3, -0.25) is 0 Å². The summed E-state index contributed by atoms with van der Waals surface area (Å²) in [4.78, 5) is 11.2. The molecule has 1 N–H and O–H groups in total. The lowest BCUT2D eigenvalue weighted by molar-refractivity contribution is 0.689. The molecule has 0 aromatic carbocycles. The third-order valence-electron chi connectivity index (χ3n) is 3.07. The zero-order chi connectivity index (χ0) is 13.4. The fourth-order valence-electron chi connectivity index (χ4n) is 1.80. The van der Waals surface area contributed by atoms with Crippen LogP contribution in [0.3, 0.4) is 0 Å². The Kier molecular flexibility index (Phi) is 6.65. The van der Waals surface area contributed by atoms with Crippen LogP contribution in [0.4, 0.5) is 5.95 Å². The lowest BCUT2D eigenvalue weighted by Gasteiger charge is -2.18. The van der Waals surface area contributed by atoms with E-state index in [1.54, 1.807) is 0 Å². The van der Waals surface area contributed by atoms with Crippen molar-refractivity contribution in [3.05, 3.63) is 17.5 Å². The van der Waals surface area contributed by atoms with E-state index in [9.17, 15) is 0 Å². The molecule has 1 aromatic heterocycles. The molecule has 4 heteroatoms. The number of nitrogens with zero attached hydrogens (tertiary/aromatic N) is 3. The molecule has 4 nitrogen and oxygen atoms in total. The molecule has 0 saturated heterocycles. The number of aryl methyl sites for hydroxylation is 1. The largest absolute Gasteiger partial charge is 0.344 e. The van der Waals surface area contributed by atoms with E-state index in [1.807, 2.05) is 6.20 Å². The van der Waals surface area contributed by atoms with Crippen molar-refractivity contribution in [3.8, 4) is 0 Å². The van der Waals surface area contributed by atoms with Crippen LogP contribution in [0.25, 0.3) is 0 Å². The Balaban J connectivity index is 2.59. The summed E-state index contributed by atoms with van der Waals surface area (Å²) in [6, 6.07) is 0. The standard InChI is InChI=1S/C14H26N4/c1-5-7-8-9-18(4)14-16-11-13(10-15-6-2)12(3)17-14/h11,15H,5-10H2,1-4H3. The van der Waals surface area contributed by atoms with Crippen molar-refractivity contribution in [2.24, 2.45) is 0 Å². The Morgan fingerprint density at radius 1 is 1.28 bits per heavy atom. The van der Waals surface area contributed by atoms with Crippen molar-refractivity contribution < 1.29 is 0 Å². The molecule has 0 aliphatic rings. The first-order valence-corrected chi connectivity index (χ1v) is 6.93. The Labute approximate surface area is 111 Å². The predicted octanol–water partition coefficient (Wildman–Crippen LogP) is 2.52. The third-order valence-corrected chi connectivity index (χ3v) is 3.07. The normalized spacial score (nSPS) is 10.7. The van der Waals surface area contributed by atoms with E-state index < -0.39 is 0 Å². The lowest BCUT2D eigenvalue weighted by atomic mass is 10.2. The summed E-state index contributed by atoms with van der Waals surface area (Å²) in [7, 11) is 2.06. The molecular weight excluding hydrogens is 224 g/mol. The number of rotatable bonds is 8. The molecule has 0 radical (unpaired) electrons. The van der Waals surface area contributed by atoms with Crippen LogP contribution in [0.15, 0.2) is 6.20 Å². The number of nitrogens with one attached hydrogen (secondary N) is 1. The van der Waals surface area contributed by atoms with Gasteiger partial charge < -0.3 is 10.2 Å². The maximum Gasteiger partial charge on any atom is 0.225 e. The Bertz CT molecular complexity index is 352. The summed E-state index contributed by atoms with van der Waals surface area (Å²) in [5.41, 5.74) is 2.26. The van der Waals surface area contributed by atoms with Gasteiger partial charge in [-0.2, -0.15) is 0 Å². The van der Waals surface area contributed by atoms with E-state index in [1.165, 1.54) is 24.8 Å². The fourth-order valence-corrected chi connectivity index (χ4v) is 1.80. The van der Waals surface area contributed by atoms with Crippen LogP contribution < -0.4 is 10.2 Å². The lowest BCUT2D eigenvalue weighted by Crippen LogP contribution is -2.22. The number of unbranched alkanes of at least 4 members (excludes halogenated alkanes) is 2. The molecule has 0 bridgehead atoms. The second-order valence-corrected chi connectivity index (χ2v) is 4.69. The third kappa shape index (κ3) is 4.61. The predicted molar refractivity (Wildman–Crippen MR) is 76.9 cm³/mol. The van der Waals surface area contributed by atoms with E-state index in [2.05, 4.69) is 48.0 Å². The van der Waals surface area contributed by atoms with E-state index in [0.29, 0.717) is 0 Å². The number of anilines is 1. The highest BCUT2D eigenvalue weighted by Gasteiger charge is 2.06. The highest BCUT2D eigenvalue weighted by molar-refractivity contribution is 5.31. The van der Waals surface area contributed by atoms with Gasteiger partial charge in [0.15, 0.2) is 0 Å². The first-order chi connectivity index (χ1) is 8.69. The zero-order valence-corrected chi connectivity index (χ0v) is 12.2. The van der Waals surface area contributed by atoms with Gasteiger partial charge in [-0.05, 0) is 19.9 Å². The van der Waals surface area contributed by atoms with Crippen molar-refractivity contribution in [2.75, 3.05) is 25.0 Å². The van der Waals surface area contributed by atoms with E-state index in [-0.39, 0.29) is 0 Å². The average Bonchev–Trinajstić information content (AvgIpc) is 2.37. The van der Waals surface area contributed by atoms with Crippen molar-refractivity contribution in [3.63, 3.8) is 0 Å². The van der Waals surface area contributed by atoms with Crippen LogP contribution in [0.1, 0.15) is 44.4 Å². The molecule has 0 aliphatic heterocycles. The van der Waals surface area contributed by atoms with Gasteiger partial charge in [-0.25, -0.2) is 9.97 Å². The highest BCUT2D eigenvalue weighted by atomic mass is 15.2. The maximum atomic E-state index is 4.58. The molecule has 1 heterocycles. The van der Waals surface area contributed by atoms with Gasteiger partial charge in [-0.1, -0.05) is 26.7 Å². The molecule has 0 aliphatic carbocycles. The van der Waals surface area contributed by atoms with Gasteiger partial charge in [0.25, 0.3) is 0 Å². The van der Waals surface area contributed by atoms with Crippen molar-refractivity contribution in [1.82, 2.24) is 15.3 Å². The molecule has 0 spiro atoms. The summed E-state index contributed by atoms with van der Waals surface area (Å²) in [5.74, 6) is 0.837. The monoisotopic (exact) mass is 250 g/mol. The second-order valence-electron chi connectivity index (χ2n) is 4.69. The maximum absolute atomic E-state index is 4.58. The van der Waals surface area contributed by atoms with Gasteiger partial charge in [0.2, 0.25) is 5.95 Å². The SMILES string of the molecule is CCCCCN(C)c1ncc(CNCC)c(C)n1.